The minimum absolute atomic E-state index is 0.0106. The lowest BCUT2D eigenvalue weighted by Crippen LogP contribution is -1.95. The van der Waals surface area contributed by atoms with Crippen LogP contribution in [0, 0.1) is 0 Å². The van der Waals surface area contributed by atoms with Crippen LogP contribution in [0.5, 0.6) is 0 Å². The molecule has 17 heavy (non-hydrogen) atoms. The van der Waals surface area contributed by atoms with Gasteiger partial charge in [-0.05, 0) is 17.7 Å². The highest BCUT2D eigenvalue weighted by molar-refractivity contribution is 7.80. The fraction of sp³-hybridized carbons (Fsp3) is 0.0714. The molecule has 0 aliphatic carbocycles. The molecule has 1 atom stereocenters. The molecule has 3 heteroatoms. The molecule has 1 N–H and O–H groups in total. The third kappa shape index (κ3) is 1.94. The second-order valence-electron chi connectivity index (χ2n) is 3.95. The highest BCUT2D eigenvalue weighted by Crippen LogP contribution is 2.27. The minimum atomic E-state index is -0.0106. The van der Waals surface area contributed by atoms with Crippen LogP contribution in [0.1, 0.15) is 16.6 Å². The Kier molecular flexibility index (Phi) is 2.61. The second-order valence-corrected chi connectivity index (χ2v) is 4.47. The first-order chi connectivity index (χ1) is 8.34. The number of para-hydroxylation sites is 2. The maximum Gasteiger partial charge on any atom is 0.124 e. The zero-order valence-electron chi connectivity index (χ0n) is 9.17. The lowest BCUT2D eigenvalue weighted by Gasteiger charge is -2.07. The number of thiol groups is 1. The van der Waals surface area contributed by atoms with Gasteiger partial charge in [-0.3, -0.25) is 0 Å². The summed E-state index contributed by atoms with van der Waals surface area (Å²) in [4.78, 5) is 7.86. The van der Waals surface area contributed by atoms with Crippen LogP contribution in [-0.2, 0) is 0 Å². The molecule has 0 fully saturated rings. The van der Waals surface area contributed by atoms with Crippen molar-refractivity contribution in [2.45, 2.75) is 5.25 Å². The molecule has 0 aliphatic heterocycles. The van der Waals surface area contributed by atoms with Gasteiger partial charge in [0.25, 0.3) is 0 Å². The Morgan fingerprint density at radius 2 is 1.65 bits per heavy atom. The van der Waals surface area contributed by atoms with Crippen molar-refractivity contribution in [1.82, 2.24) is 9.97 Å². The Morgan fingerprint density at radius 1 is 0.941 bits per heavy atom. The number of nitrogens with one attached hydrogen (secondary N) is 1. The largest absolute Gasteiger partial charge is 0.341 e. The van der Waals surface area contributed by atoms with Crippen molar-refractivity contribution in [3.8, 4) is 0 Å². The Morgan fingerprint density at radius 3 is 2.41 bits per heavy atom. The van der Waals surface area contributed by atoms with Gasteiger partial charge in [0.15, 0.2) is 0 Å². The first-order valence-corrected chi connectivity index (χ1v) is 6.04. The average molecular weight is 240 g/mol. The van der Waals surface area contributed by atoms with Gasteiger partial charge in [-0.1, -0.05) is 42.5 Å². The molecule has 0 radical (unpaired) electrons. The van der Waals surface area contributed by atoms with E-state index >= 15 is 0 Å². The van der Waals surface area contributed by atoms with E-state index in [0.29, 0.717) is 0 Å². The predicted molar refractivity (Wildman–Crippen MR) is 73.4 cm³/mol. The molecular weight excluding hydrogens is 228 g/mol. The Balaban J connectivity index is 2.04. The van der Waals surface area contributed by atoms with E-state index < -0.39 is 0 Å². The lowest BCUT2D eigenvalue weighted by atomic mass is 10.1. The highest BCUT2D eigenvalue weighted by atomic mass is 32.1. The van der Waals surface area contributed by atoms with Gasteiger partial charge in [0.2, 0.25) is 0 Å². The van der Waals surface area contributed by atoms with Crippen molar-refractivity contribution >= 4 is 23.7 Å². The summed E-state index contributed by atoms with van der Waals surface area (Å²) in [6.45, 7) is 0. The monoisotopic (exact) mass is 240 g/mol. The van der Waals surface area contributed by atoms with Gasteiger partial charge in [0.1, 0.15) is 5.82 Å². The zero-order valence-corrected chi connectivity index (χ0v) is 10.1. The number of aromatic amines is 1. The van der Waals surface area contributed by atoms with Crippen molar-refractivity contribution in [2.75, 3.05) is 0 Å². The topological polar surface area (TPSA) is 28.7 Å². The van der Waals surface area contributed by atoms with Crippen molar-refractivity contribution in [3.05, 3.63) is 66.0 Å². The smallest absolute Gasteiger partial charge is 0.124 e. The van der Waals surface area contributed by atoms with Gasteiger partial charge in [0.05, 0.1) is 16.3 Å². The summed E-state index contributed by atoms with van der Waals surface area (Å²) in [6.07, 6.45) is 0. The summed E-state index contributed by atoms with van der Waals surface area (Å²) in [5, 5.41) is -0.0106. The van der Waals surface area contributed by atoms with E-state index in [-0.39, 0.29) is 5.25 Å². The number of hydrogen-bond acceptors (Lipinski definition) is 2. The van der Waals surface area contributed by atoms with Crippen LogP contribution >= 0.6 is 12.6 Å². The Labute approximate surface area is 105 Å². The van der Waals surface area contributed by atoms with Gasteiger partial charge in [-0.2, -0.15) is 12.6 Å². The Bertz CT molecular complexity index is 598. The molecule has 1 unspecified atom stereocenters. The van der Waals surface area contributed by atoms with Gasteiger partial charge >= 0.3 is 0 Å². The molecule has 0 saturated carbocycles. The highest BCUT2D eigenvalue weighted by Gasteiger charge is 2.12. The quantitative estimate of drug-likeness (QED) is 0.658. The van der Waals surface area contributed by atoms with Crippen molar-refractivity contribution < 1.29 is 0 Å². The number of nitrogens with zero attached hydrogens (tertiary/aromatic N) is 1. The third-order valence-corrected chi connectivity index (χ3v) is 3.32. The molecule has 3 aromatic rings. The first-order valence-electron chi connectivity index (χ1n) is 5.52. The van der Waals surface area contributed by atoms with Crippen LogP contribution in [0.25, 0.3) is 11.0 Å². The van der Waals surface area contributed by atoms with Crippen molar-refractivity contribution in [3.63, 3.8) is 0 Å². The van der Waals surface area contributed by atoms with E-state index in [1.54, 1.807) is 0 Å². The molecule has 0 aliphatic rings. The molecule has 84 valence electrons. The van der Waals surface area contributed by atoms with Crippen molar-refractivity contribution in [2.24, 2.45) is 0 Å². The predicted octanol–water partition coefficient (Wildman–Crippen LogP) is 3.58. The molecule has 0 spiro atoms. The maximum absolute atomic E-state index is 4.63. The second kappa shape index (κ2) is 4.26. The summed E-state index contributed by atoms with van der Waals surface area (Å²) in [5.41, 5.74) is 3.19. The number of aromatic nitrogens is 2. The van der Waals surface area contributed by atoms with E-state index in [9.17, 15) is 0 Å². The van der Waals surface area contributed by atoms with E-state index in [0.717, 1.165) is 22.4 Å². The SMILES string of the molecule is SC(c1ccccc1)c1nc2ccccc2[nH]1. The van der Waals surface area contributed by atoms with Gasteiger partial charge in [0, 0.05) is 0 Å². The van der Waals surface area contributed by atoms with Crippen molar-refractivity contribution in [1.29, 1.82) is 0 Å². The average Bonchev–Trinajstić information content (AvgIpc) is 2.82. The number of H-pyrrole nitrogens is 1. The van der Waals surface area contributed by atoms with Crippen LogP contribution in [0.4, 0.5) is 0 Å². The van der Waals surface area contributed by atoms with E-state index in [1.807, 2.05) is 42.5 Å². The summed E-state index contributed by atoms with van der Waals surface area (Å²) >= 11 is 4.63. The number of rotatable bonds is 2. The summed E-state index contributed by atoms with van der Waals surface area (Å²) in [6, 6.07) is 18.2. The molecular formula is C14H12N2S. The molecule has 0 saturated heterocycles. The fourth-order valence-electron chi connectivity index (χ4n) is 1.90. The Hall–Kier alpha value is -1.74. The molecule has 2 nitrogen and oxygen atoms in total. The summed E-state index contributed by atoms with van der Waals surface area (Å²) in [7, 11) is 0. The van der Waals surface area contributed by atoms with Gasteiger partial charge < -0.3 is 4.98 Å². The lowest BCUT2D eigenvalue weighted by molar-refractivity contribution is 1.02. The van der Waals surface area contributed by atoms with Crippen LogP contribution in [0.2, 0.25) is 0 Å². The van der Waals surface area contributed by atoms with E-state index in [2.05, 4.69) is 34.7 Å². The molecule has 1 aromatic heterocycles. The molecule has 2 aromatic carbocycles. The minimum Gasteiger partial charge on any atom is -0.341 e. The number of imidazole rings is 1. The summed E-state index contributed by atoms with van der Waals surface area (Å²) < 4.78 is 0. The molecule has 3 rings (SSSR count). The first kappa shape index (κ1) is 10.4. The number of benzene rings is 2. The maximum atomic E-state index is 4.63. The van der Waals surface area contributed by atoms with Gasteiger partial charge in [-0.15, -0.1) is 0 Å². The third-order valence-electron chi connectivity index (χ3n) is 2.78. The number of fused-ring (bicyclic) bond motifs is 1. The van der Waals surface area contributed by atoms with Crippen LogP contribution in [0.3, 0.4) is 0 Å². The normalized spacial score (nSPS) is 12.8. The van der Waals surface area contributed by atoms with E-state index in [4.69, 9.17) is 0 Å². The summed E-state index contributed by atoms with van der Waals surface area (Å²) in [5.74, 6) is 0.890. The molecule has 1 heterocycles. The van der Waals surface area contributed by atoms with E-state index in [1.165, 1.54) is 0 Å². The molecule has 0 amide bonds. The fourth-order valence-corrected chi connectivity index (χ4v) is 2.19. The standard InChI is InChI=1S/C14H12N2S/c17-13(10-6-2-1-3-7-10)14-15-11-8-4-5-9-12(11)16-14/h1-9,13,17H,(H,15,16). The van der Waals surface area contributed by atoms with Gasteiger partial charge in [-0.25, -0.2) is 4.98 Å². The van der Waals surface area contributed by atoms with Crippen LogP contribution in [-0.4, -0.2) is 9.97 Å². The zero-order chi connectivity index (χ0) is 11.7. The van der Waals surface area contributed by atoms with Crippen LogP contribution < -0.4 is 0 Å². The van der Waals surface area contributed by atoms with Crippen LogP contribution in [0.15, 0.2) is 54.6 Å². The molecule has 0 bridgehead atoms. The number of hydrogen-bond donors (Lipinski definition) is 2.